The lowest BCUT2D eigenvalue weighted by atomic mass is 9.93. The summed E-state index contributed by atoms with van der Waals surface area (Å²) in [7, 11) is 1.44. The summed E-state index contributed by atoms with van der Waals surface area (Å²) in [6.07, 6.45) is 3.55. The highest BCUT2D eigenvalue weighted by Crippen LogP contribution is 2.40. The molecule has 5 rings (SSSR count). The number of amides is 5. The molecule has 62 heavy (non-hydrogen) atoms. The van der Waals surface area contributed by atoms with E-state index in [1.165, 1.54) is 18.0 Å². The minimum atomic E-state index is -1.24. The molecule has 0 saturated carbocycles. The van der Waals surface area contributed by atoms with Crippen molar-refractivity contribution in [3.8, 4) is 39.8 Å². The number of halogens is 1. The van der Waals surface area contributed by atoms with Crippen molar-refractivity contribution < 1.29 is 33.4 Å². The summed E-state index contributed by atoms with van der Waals surface area (Å²) in [5.41, 5.74) is 25.6. The van der Waals surface area contributed by atoms with Gasteiger partial charge in [-0.25, -0.2) is 0 Å². The van der Waals surface area contributed by atoms with E-state index in [4.69, 9.17) is 43.1 Å². The van der Waals surface area contributed by atoms with Crippen LogP contribution in [0.25, 0.3) is 28.3 Å². The Morgan fingerprint density at radius 2 is 1.50 bits per heavy atom. The number of thiol groups is 1. The summed E-state index contributed by atoms with van der Waals surface area (Å²) in [6, 6.07) is 26.0. The molecule has 0 saturated heterocycles. The molecule has 1 heterocycles. The van der Waals surface area contributed by atoms with Crippen LogP contribution in [0.2, 0.25) is 5.02 Å². The highest BCUT2D eigenvalue weighted by Gasteiger charge is 2.31. The summed E-state index contributed by atoms with van der Waals surface area (Å²) >= 11 is 9.57. The molecule has 16 nitrogen and oxygen atoms in total. The van der Waals surface area contributed by atoms with Crippen molar-refractivity contribution in [2.75, 3.05) is 52.3 Å². The molecule has 0 aliphatic carbocycles. The fraction of sp³-hybridized carbons (Fsp3) is 0.273. The first-order chi connectivity index (χ1) is 29.9. The van der Waals surface area contributed by atoms with Crippen LogP contribution in [-0.4, -0.2) is 93.3 Å². The fourth-order valence-electron chi connectivity index (χ4n) is 6.19. The summed E-state index contributed by atoms with van der Waals surface area (Å²) in [5, 5.41) is 18.2. The molecule has 4 aromatic rings. The average Bonchev–Trinajstić information content (AvgIpc) is 3.26. The van der Waals surface area contributed by atoms with E-state index in [0.717, 1.165) is 22.3 Å². The van der Waals surface area contributed by atoms with Crippen molar-refractivity contribution in [2.45, 2.75) is 24.9 Å². The molecule has 1 aliphatic rings. The van der Waals surface area contributed by atoms with Gasteiger partial charge in [0.05, 0.1) is 25.6 Å². The van der Waals surface area contributed by atoms with Crippen molar-refractivity contribution in [1.29, 1.82) is 5.26 Å². The molecule has 1 aliphatic heterocycles. The molecular formula is C44H52ClN9O7S. The maximum atomic E-state index is 13.9. The third kappa shape index (κ3) is 15.6. The van der Waals surface area contributed by atoms with Gasteiger partial charge >= 0.3 is 0 Å². The molecule has 2 atom stereocenters. The molecule has 0 spiro atoms. The first-order valence-electron chi connectivity index (χ1n) is 19.3. The van der Waals surface area contributed by atoms with Gasteiger partial charge in [-0.15, -0.1) is 0 Å². The van der Waals surface area contributed by atoms with Crippen molar-refractivity contribution in [1.82, 2.24) is 20.9 Å². The second-order valence-electron chi connectivity index (χ2n) is 13.3. The lowest BCUT2D eigenvalue weighted by Crippen LogP contribution is -2.48. The summed E-state index contributed by atoms with van der Waals surface area (Å²) < 4.78 is 12.1. The number of nitriles is 1. The van der Waals surface area contributed by atoms with Crippen LogP contribution in [0.4, 0.5) is 0 Å². The SMILES string of the molecule is CN(C(=O)CNC(=O)/C=C/c1ccc(-c2ccc(Cl)cc2)cc1)C1C(=O)NCC(=O)NC(CC#N)Cc2ccc(OCCN)c(c2)-c2cc1ccc2OCCN.NC=O.NCS. The Balaban J connectivity index is 0.00000161. The van der Waals surface area contributed by atoms with E-state index in [1.807, 2.05) is 60.7 Å². The number of hydrogen-bond donors (Lipinski definition) is 8. The highest BCUT2D eigenvalue weighted by atomic mass is 35.5. The van der Waals surface area contributed by atoms with Crippen LogP contribution < -0.4 is 48.4 Å². The second kappa shape index (κ2) is 26.7. The van der Waals surface area contributed by atoms with Crippen LogP contribution in [0.1, 0.15) is 29.2 Å². The van der Waals surface area contributed by atoms with Crippen LogP contribution in [0.5, 0.6) is 11.5 Å². The van der Waals surface area contributed by atoms with E-state index in [-0.39, 0.29) is 39.1 Å². The quantitative estimate of drug-likeness (QED) is 0.0419. The topological polar surface area (TPSA) is 271 Å². The third-order valence-corrected chi connectivity index (χ3v) is 9.22. The Bertz CT molecular complexity index is 2180. The van der Waals surface area contributed by atoms with Crippen molar-refractivity contribution in [3.63, 3.8) is 0 Å². The standard InChI is InChI=1S/C42H44ClN7O6.CH3NO.CH5NS/c1-50(40(53)26-47-38(51)15-5-27-2-6-29(7-3-27)30-8-11-32(43)12-9-30)41-31-10-14-37(56-21-19-46)35(24-31)34-23-28(4-13-36(34)55-20-18-45)22-33(16-17-44)49-39(52)25-48-42(41)54;2*2-1-3/h2-15,23-24,33,41H,16,18-22,25-26,45-46H2,1H3,(H,47,51)(H,48,54)(H,49,52);1H,(H2,2,3);3H,1-2H2/b15-5+;;. The number of carbonyl (C=O) groups excluding carboxylic acids is 5. The summed E-state index contributed by atoms with van der Waals surface area (Å²) in [4.78, 5) is 63.2. The van der Waals surface area contributed by atoms with Gasteiger partial charge in [-0.1, -0.05) is 60.1 Å². The first kappa shape index (κ1) is 49.9. The number of benzene rings is 4. The lowest BCUT2D eigenvalue weighted by molar-refractivity contribution is -0.139. The average molecular weight is 886 g/mol. The molecule has 2 unspecified atom stereocenters. The number of likely N-dealkylation sites (N-methyl/N-ethyl adjacent to an activating group) is 1. The molecule has 11 N–H and O–H groups in total. The van der Waals surface area contributed by atoms with Gasteiger partial charge < -0.3 is 53.3 Å². The summed E-state index contributed by atoms with van der Waals surface area (Å²) in [6.45, 7) is 0.105. The molecule has 4 aromatic carbocycles. The molecular weight excluding hydrogens is 834 g/mol. The minimum Gasteiger partial charge on any atom is -0.492 e. The third-order valence-electron chi connectivity index (χ3n) is 8.97. The van der Waals surface area contributed by atoms with E-state index >= 15 is 0 Å². The van der Waals surface area contributed by atoms with E-state index in [0.29, 0.717) is 45.5 Å². The molecule has 0 radical (unpaired) electrons. The van der Waals surface area contributed by atoms with Crippen molar-refractivity contribution in [2.24, 2.45) is 22.9 Å². The Kier molecular flexibility index (Phi) is 21.5. The Morgan fingerprint density at radius 1 is 0.935 bits per heavy atom. The van der Waals surface area contributed by atoms with Gasteiger partial charge in [0.25, 0.3) is 0 Å². The Labute approximate surface area is 371 Å². The number of primary amides is 1. The smallest absolute Gasteiger partial charge is 0.247 e. The molecule has 0 fully saturated rings. The molecule has 18 heteroatoms. The Hall–Kier alpha value is -6.42. The second-order valence-corrected chi connectivity index (χ2v) is 14.1. The van der Waals surface area contributed by atoms with Crippen LogP contribution in [0, 0.1) is 11.3 Å². The van der Waals surface area contributed by atoms with E-state index < -0.39 is 48.8 Å². The number of nitrogens with zero attached hydrogens (tertiary/aromatic N) is 2. The van der Waals surface area contributed by atoms with Crippen LogP contribution in [-0.2, 0) is 30.4 Å². The van der Waals surface area contributed by atoms with Gasteiger partial charge in [-0.05, 0) is 76.7 Å². The van der Waals surface area contributed by atoms with Gasteiger partial charge in [0.15, 0.2) is 0 Å². The maximum absolute atomic E-state index is 13.9. The number of nitrogens with one attached hydrogen (secondary N) is 3. The normalized spacial score (nSPS) is 14.5. The lowest BCUT2D eigenvalue weighted by Gasteiger charge is -2.29. The van der Waals surface area contributed by atoms with Gasteiger partial charge in [0.1, 0.15) is 30.8 Å². The zero-order valence-electron chi connectivity index (χ0n) is 34.2. The number of fused-ring (bicyclic) bond motifs is 5. The van der Waals surface area contributed by atoms with Gasteiger partial charge in [0, 0.05) is 54.3 Å². The Morgan fingerprint density at radius 3 is 2.08 bits per heavy atom. The maximum Gasteiger partial charge on any atom is 0.247 e. The number of nitrogens with two attached hydrogens (primary N) is 4. The zero-order valence-corrected chi connectivity index (χ0v) is 35.9. The molecule has 5 amide bonds. The number of hydrogen-bond acceptors (Lipinski definition) is 12. The first-order valence-corrected chi connectivity index (χ1v) is 20.3. The summed E-state index contributed by atoms with van der Waals surface area (Å²) in [5.74, 6) is -0.848. The predicted octanol–water partition coefficient (Wildman–Crippen LogP) is 2.68. The zero-order chi connectivity index (χ0) is 45.4. The van der Waals surface area contributed by atoms with Crippen molar-refractivity contribution >= 4 is 60.3 Å². The van der Waals surface area contributed by atoms with E-state index in [1.54, 1.807) is 30.3 Å². The number of ether oxygens (including phenoxy) is 2. The largest absolute Gasteiger partial charge is 0.492 e. The van der Waals surface area contributed by atoms with Crippen LogP contribution in [0.15, 0.2) is 91.0 Å². The molecule has 4 bridgehead atoms. The highest BCUT2D eigenvalue weighted by molar-refractivity contribution is 7.80. The van der Waals surface area contributed by atoms with Crippen LogP contribution in [0.3, 0.4) is 0 Å². The monoisotopic (exact) mass is 885 g/mol. The van der Waals surface area contributed by atoms with E-state index in [9.17, 15) is 24.4 Å². The van der Waals surface area contributed by atoms with E-state index in [2.05, 4.69) is 40.4 Å². The fourth-order valence-corrected chi connectivity index (χ4v) is 6.31. The van der Waals surface area contributed by atoms with Crippen molar-refractivity contribution in [3.05, 3.63) is 113 Å². The van der Waals surface area contributed by atoms with Gasteiger partial charge in [0.2, 0.25) is 30.0 Å². The number of rotatable bonds is 13. The van der Waals surface area contributed by atoms with Crippen LogP contribution >= 0.6 is 24.2 Å². The van der Waals surface area contributed by atoms with Gasteiger partial charge in [-0.2, -0.15) is 17.9 Å². The predicted molar refractivity (Wildman–Crippen MR) is 243 cm³/mol. The molecule has 0 aromatic heterocycles. The molecule has 328 valence electrons. The van der Waals surface area contributed by atoms with Gasteiger partial charge in [-0.3, -0.25) is 24.0 Å². The number of carbonyl (C=O) groups is 5. The minimum absolute atomic E-state index is 0.0260.